The Morgan fingerprint density at radius 3 is 2.81 bits per heavy atom. The molecule has 0 amide bonds. The van der Waals surface area contributed by atoms with Gasteiger partial charge in [0, 0.05) is 17.8 Å². The first-order valence-electron chi connectivity index (χ1n) is 8.24. The summed E-state index contributed by atoms with van der Waals surface area (Å²) in [6, 6.07) is 6.74. The molecule has 1 aliphatic rings. The van der Waals surface area contributed by atoms with Crippen LogP contribution in [0.25, 0.3) is 0 Å². The Balaban J connectivity index is 0.00000243. The molecule has 0 saturated heterocycles. The average molecular weight is 474 g/mol. The SMILES string of the molecule is I.NC(=NCc1cccnc1OC1CCCC1)Nc1cc(F)ccc1F. The summed E-state index contributed by atoms with van der Waals surface area (Å²) in [6.45, 7) is 0.228. The molecule has 0 radical (unpaired) electrons. The van der Waals surface area contributed by atoms with E-state index in [-0.39, 0.29) is 48.3 Å². The lowest BCUT2D eigenvalue weighted by molar-refractivity contribution is 0.199. The summed E-state index contributed by atoms with van der Waals surface area (Å²) in [5.74, 6) is -0.634. The fourth-order valence-electron chi connectivity index (χ4n) is 2.76. The van der Waals surface area contributed by atoms with Gasteiger partial charge in [-0.25, -0.2) is 18.8 Å². The number of benzene rings is 1. The quantitative estimate of drug-likeness (QED) is 0.387. The van der Waals surface area contributed by atoms with Crippen LogP contribution in [0.15, 0.2) is 41.5 Å². The highest BCUT2D eigenvalue weighted by Gasteiger charge is 2.18. The number of hydrogen-bond donors (Lipinski definition) is 2. The molecule has 0 spiro atoms. The van der Waals surface area contributed by atoms with Crippen molar-refractivity contribution in [2.24, 2.45) is 10.7 Å². The van der Waals surface area contributed by atoms with E-state index in [1.54, 1.807) is 12.3 Å². The fraction of sp³-hybridized carbons (Fsp3) is 0.333. The summed E-state index contributed by atoms with van der Waals surface area (Å²) in [5.41, 5.74) is 6.51. The number of hydrogen-bond acceptors (Lipinski definition) is 3. The van der Waals surface area contributed by atoms with E-state index in [9.17, 15) is 8.78 Å². The normalized spacial score (nSPS) is 14.8. The van der Waals surface area contributed by atoms with Crippen LogP contribution in [0.5, 0.6) is 5.88 Å². The van der Waals surface area contributed by atoms with Crippen LogP contribution in [0.2, 0.25) is 0 Å². The maximum atomic E-state index is 13.6. The summed E-state index contributed by atoms with van der Waals surface area (Å²) >= 11 is 0. The van der Waals surface area contributed by atoms with Gasteiger partial charge in [-0.2, -0.15) is 0 Å². The fourth-order valence-corrected chi connectivity index (χ4v) is 2.76. The van der Waals surface area contributed by atoms with Gasteiger partial charge in [0.1, 0.15) is 17.7 Å². The van der Waals surface area contributed by atoms with Gasteiger partial charge < -0.3 is 15.8 Å². The zero-order valence-electron chi connectivity index (χ0n) is 14.1. The standard InChI is InChI=1S/C18H20F2N4O.HI/c19-13-7-8-15(20)16(10-13)24-18(21)23-11-12-4-3-9-22-17(12)25-14-5-1-2-6-14;/h3-4,7-10,14H,1-2,5-6,11H2,(H3,21,23,24);1H. The number of guanidine groups is 1. The molecule has 2 aromatic rings. The third kappa shape index (κ3) is 5.52. The molecule has 5 nitrogen and oxygen atoms in total. The predicted octanol–water partition coefficient (Wildman–Crippen LogP) is 4.23. The molecule has 3 rings (SSSR count). The van der Waals surface area contributed by atoms with Crippen LogP contribution in [0, 0.1) is 11.6 Å². The zero-order chi connectivity index (χ0) is 17.6. The second-order valence-electron chi connectivity index (χ2n) is 5.94. The van der Waals surface area contributed by atoms with Gasteiger partial charge in [0.25, 0.3) is 0 Å². The number of nitrogens with zero attached hydrogens (tertiary/aromatic N) is 2. The predicted molar refractivity (Wildman–Crippen MR) is 108 cm³/mol. The van der Waals surface area contributed by atoms with Gasteiger partial charge in [-0.3, -0.25) is 0 Å². The third-order valence-electron chi connectivity index (χ3n) is 4.04. The molecule has 8 heteroatoms. The Morgan fingerprint density at radius 2 is 2.04 bits per heavy atom. The van der Waals surface area contributed by atoms with Gasteiger partial charge in [-0.05, 0) is 43.9 Å². The molecular formula is C18H21F2IN4O. The van der Waals surface area contributed by atoms with Gasteiger partial charge in [0.05, 0.1) is 12.2 Å². The maximum Gasteiger partial charge on any atom is 0.218 e. The van der Waals surface area contributed by atoms with Gasteiger partial charge in [0.15, 0.2) is 5.96 Å². The molecule has 1 heterocycles. The van der Waals surface area contributed by atoms with Crippen molar-refractivity contribution in [3.63, 3.8) is 0 Å². The second kappa shape index (κ2) is 9.65. The molecule has 3 N–H and O–H groups in total. The van der Waals surface area contributed by atoms with Crippen LogP contribution >= 0.6 is 24.0 Å². The minimum Gasteiger partial charge on any atom is -0.474 e. The molecular weight excluding hydrogens is 453 g/mol. The molecule has 0 aliphatic heterocycles. The number of anilines is 1. The van der Waals surface area contributed by atoms with Gasteiger partial charge in [0.2, 0.25) is 5.88 Å². The van der Waals surface area contributed by atoms with E-state index in [4.69, 9.17) is 10.5 Å². The maximum absolute atomic E-state index is 13.6. The van der Waals surface area contributed by atoms with Crippen molar-refractivity contribution in [2.75, 3.05) is 5.32 Å². The summed E-state index contributed by atoms with van der Waals surface area (Å²) in [5, 5.41) is 2.57. The molecule has 1 aromatic heterocycles. The lowest BCUT2D eigenvalue weighted by Gasteiger charge is -2.14. The highest BCUT2D eigenvalue weighted by atomic mass is 127. The second-order valence-corrected chi connectivity index (χ2v) is 5.94. The number of ether oxygens (including phenoxy) is 1. The number of nitrogens with two attached hydrogens (primary N) is 1. The molecule has 1 aliphatic carbocycles. The van der Waals surface area contributed by atoms with Crippen molar-refractivity contribution in [2.45, 2.75) is 38.3 Å². The minimum atomic E-state index is -0.605. The number of nitrogens with one attached hydrogen (secondary N) is 1. The van der Waals surface area contributed by atoms with Crippen molar-refractivity contribution < 1.29 is 13.5 Å². The zero-order valence-corrected chi connectivity index (χ0v) is 16.5. The number of halogens is 3. The highest BCUT2D eigenvalue weighted by molar-refractivity contribution is 14.0. The first kappa shape index (κ1) is 20.3. The molecule has 26 heavy (non-hydrogen) atoms. The highest BCUT2D eigenvalue weighted by Crippen LogP contribution is 2.25. The molecule has 0 unspecified atom stereocenters. The van der Waals surface area contributed by atoms with E-state index < -0.39 is 11.6 Å². The summed E-state index contributed by atoms with van der Waals surface area (Å²) < 4.78 is 32.7. The number of aromatic nitrogens is 1. The molecule has 1 aromatic carbocycles. The number of pyridine rings is 1. The van der Waals surface area contributed by atoms with Crippen molar-refractivity contribution in [1.29, 1.82) is 0 Å². The Hall–Kier alpha value is -1.97. The van der Waals surface area contributed by atoms with Gasteiger partial charge in [-0.15, -0.1) is 24.0 Å². The van der Waals surface area contributed by atoms with Gasteiger partial charge >= 0.3 is 0 Å². The first-order chi connectivity index (χ1) is 12.1. The lowest BCUT2D eigenvalue weighted by atomic mass is 10.2. The van der Waals surface area contributed by atoms with Crippen molar-refractivity contribution in [3.8, 4) is 5.88 Å². The molecule has 1 fully saturated rings. The number of aliphatic imine (C=N–C) groups is 1. The van der Waals surface area contributed by atoms with E-state index in [0.717, 1.165) is 36.6 Å². The van der Waals surface area contributed by atoms with E-state index >= 15 is 0 Å². The van der Waals surface area contributed by atoms with E-state index in [0.29, 0.717) is 5.88 Å². The Morgan fingerprint density at radius 1 is 1.27 bits per heavy atom. The van der Waals surface area contributed by atoms with E-state index in [1.165, 1.54) is 12.8 Å². The monoisotopic (exact) mass is 474 g/mol. The summed E-state index contributed by atoms with van der Waals surface area (Å²) in [4.78, 5) is 8.44. The summed E-state index contributed by atoms with van der Waals surface area (Å²) in [7, 11) is 0. The van der Waals surface area contributed by atoms with Crippen molar-refractivity contribution >= 4 is 35.6 Å². The smallest absolute Gasteiger partial charge is 0.218 e. The van der Waals surface area contributed by atoms with Crippen LogP contribution in [-0.2, 0) is 6.54 Å². The molecule has 0 bridgehead atoms. The summed E-state index contributed by atoms with van der Waals surface area (Å²) in [6.07, 6.45) is 6.25. The van der Waals surface area contributed by atoms with E-state index in [2.05, 4.69) is 15.3 Å². The number of rotatable bonds is 5. The van der Waals surface area contributed by atoms with Crippen molar-refractivity contribution in [1.82, 2.24) is 4.98 Å². The first-order valence-corrected chi connectivity index (χ1v) is 8.24. The van der Waals surface area contributed by atoms with Crippen LogP contribution in [0.3, 0.4) is 0 Å². The topological polar surface area (TPSA) is 72.5 Å². The third-order valence-corrected chi connectivity index (χ3v) is 4.04. The molecule has 140 valence electrons. The Labute approximate surface area is 168 Å². The van der Waals surface area contributed by atoms with Gasteiger partial charge in [-0.1, -0.05) is 6.07 Å². The lowest BCUT2D eigenvalue weighted by Crippen LogP contribution is -2.23. The Bertz CT molecular complexity index is 767. The molecule has 0 atom stereocenters. The Kier molecular flexibility index (Phi) is 7.55. The minimum absolute atomic E-state index is 0. The average Bonchev–Trinajstić information content (AvgIpc) is 3.10. The molecule has 1 saturated carbocycles. The van der Waals surface area contributed by atoms with Crippen LogP contribution in [0.1, 0.15) is 31.2 Å². The van der Waals surface area contributed by atoms with Crippen LogP contribution < -0.4 is 15.8 Å². The van der Waals surface area contributed by atoms with Crippen LogP contribution in [-0.4, -0.2) is 17.0 Å². The largest absolute Gasteiger partial charge is 0.474 e. The van der Waals surface area contributed by atoms with Crippen molar-refractivity contribution in [3.05, 3.63) is 53.7 Å². The van der Waals surface area contributed by atoms with Crippen LogP contribution in [0.4, 0.5) is 14.5 Å². The van der Waals surface area contributed by atoms with E-state index in [1.807, 2.05) is 6.07 Å².